The van der Waals surface area contributed by atoms with Gasteiger partial charge in [0.25, 0.3) is 5.91 Å². The molecule has 1 fully saturated rings. The van der Waals surface area contributed by atoms with Crippen molar-refractivity contribution in [3.05, 3.63) is 75.9 Å². The summed E-state index contributed by atoms with van der Waals surface area (Å²) in [4.78, 5) is 31.5. The highest BCUT2D eigenvalue weighted by molar-refractivity contribution is 7.10. The van der Waals surface area contributed by atoms with Crippen LogP contribution in [0.2, 0.25) is 0 Å². The summed E-state index contributed by atoms with van der Waals surface area (Å²) < 4.78 is 11.5. The Morgan fingerprint density at radius 2 is 1.97 bits per heavy atom. The molecule has 2 aromatic heterocycles. The Morgan fingerprint density at radius 1 is 1.17 bits per heavy atom. The van der Waals surface area contributed by atoms with Crippen molar-refractivity contribution >= 4 is 23.2 Å². The Hall–Kier alpha value is -3.06. The number of furan rings is 1. The fourth-order valence-electron chi connectivity index (χ4n) is 4.64. The second-order valence-corrected chi connectivity index (χ2v) is 10.8. The highest BCUT2D eigenvalue weighted by Crippen LogP contribution is 2.35. The van der Waals surface area contributed by atoms with Gasteiger partial charge in [-0.3, -0.25) is 9.59 Å². The third-order valence-electron chi connectivity index (χ3n) is 6.89. The molecule has 35 heavy (non-hydrogen) atoms. The van der Waals surface area contributed by atoms with Gasteiger partial charge in [-0.2, -0.15) is 0 Å². The molecule has 6 nitrogen and oxygen atoms in total. The minimum absolute atomic E-state index is 0.0499. The zero-order valence-corrected chi connectivity index (χ0v) is 21.1. The van der Waals surface area contributed by atoms with Gasteiger partial charge in [0.1, 0.15) is 18.9 Å². The summed E-state index contributed by atoms with van der Waals surface area (Å²) in [6.07, 6.45) is 4.52. The summed E-state index contributed by atoms with van der Waals surface area (Å²) in [6, 6.07) is 13.5. The lowest BCUT2D eigenvalue weighted by Crippen LogP contribution is -2.48. The van der Waals surface area contributed by atoms with Crippen molar-refractivity contribution in [2.75, 3.05) is 26.2 Å². The van der Waals surface area contributed by atoms with Crippen LogP contribution in [-0.2, 0) is 11.2 Å². The Morgan fingerprint density at radius 3 is 2.66 bits per heavy atom. The number of nitrogens with zero attached hydrogens (tertiary/aromatic N) is 2. The first-order valence-corrected chi connectivity index (χ1v) is 13.3. The maximum atomic E-state index is 13.6. The van der Waals surface area contributed by atoms with Crippen LogP contribution in [0.5, 0.6) is 5.75 Å². The summed E-state index contributed by atoms with van der Waals surface area (Å²) in [5, 5.41) is 2.09. The predicted molar refractivity (Wildman–Crippen MR) is 136 cm³/mol. The Bertz CT molecular complexity index is 1150. The Kier molecular flexibility index (Phi) is 6.95. The highest BCUT2D eigenvalue weighted by Gasteiger charge is 2.35. The van der Waals surface area contributed by atoms with Gasteiger partial charge in [-0.25, -0.2) is 0 Å². The number of hydrogen-bond donors (Lipinski definition) is 0. The van der Waals surface area contributed by atoms with Crippen molar-refractivity contribution < 1.29 is 18.7 Å². The van der Waals surface area contributed by atoms with Gasteiger partial charge >= 0.3 is 0 Å². The van der Waals surface area contributed by atoms with Gasteiger partial charge in [0.15, 0.2) is 5.76 Å². The first-order valence-electron chi connectivity index (χ1n) is 12.4. The molecule has 1 aromatic carbocycles. The molecule has 7 heteroatoms. The molecule has 3 heterocycles. The first-order chi connectivity index (χ1) is 17.0. The van der Waals surface area contributed by atoms with Crippen molar-refractivity contribution in [3.8, 4) is 5.75 Å². The number of fused-ring (bicyclic) bond motifs is 1. The number of benzene rings is 1. The molecule has 1 aliphatic heterocycles. The van der Waals surface area contributed by atoms with E-state index in [1.807, 2.05) is 17.0 Å². The average Bonchev–Trinajstić information content (AvgIpc) is 3.31. The molecule has 0 spiro atoms. The number of rotatable bonds is 9. The second-order valence-electron chi connectivity index (χ2n) is 9.79. The molecule has 2 aliphatic rings. The summed E-state index contributed by atoms with van der Waals surface area (Å²) >= 11 is 1.73. The lowest BCUT2D eigenvalue weighted by molar-refractivity contribution is -0.135. The minimum atomic E-state index is -0.221. The van der Waals surface area contributed by atoms with Crippen LogP contribution < -0.4 is 4.74 Å². The van der Waals surface area contributed by atoms with Gasteiger partial charge in [0, 0.05) is 18.0 Å². The minimum Gasteiger partial charge on any atom is -0.491 e. The number of carbonyl (C=O) groups excluding carboxylic acids is 2. The fraction of sp³-hybridized carbons (Fsp3) is 0.429. The van der Waals surface area contributed by atoms with Crippen molar-refractivity contribution in [2.45, 2.75) is 45.1 Å². The monoisotopic (exact) mass is 492 g/mol. The van der Waals surface area contributed by atoms with Gasteiger partial charge < -0.3 is 19.0 Å². The lowest BCUT2D eigenvalue weighted by atomic mass is 10.00. The van der Waals surface area contributed by atoms with Gasteiger partial charge in [0.2, 0.25) is 5.91 Å². The SMILES string of the molecule is CC(C)c1ccc(OCC2c3ccsc3CCN2C(=O)CN(CC2CC2)C(=O)c2ccco2)cc1. The molecule has 1 saturated carbocycles. The first kappa shape index (κ1) is 23.7. The zero-order chi connectivity index (χ0) is 24.4. The van der Waals surface area contributed by atoms with Crippen molar-refractivity contribution in [1.82, 2.24) is 9.80 Å². The maximum Gasteiger partial charge on any atom is 0.290 e. The van der Waals surface area contributed by atoms with E-state index in [4.69, 9.17) is 9.15 Å². The van der Waals surface area contributed by atoms with E-state index in [-0.39, 0.29) is 30.2 Å². The molecule has 0 bridgehead atoms. The molecule has 0 saturated heterocycles. The van der Waals surface area contributed by atoms with Gasteiger partial charge in [-0.1, -0.05) is 26.0 Å². The van der Waals surface area contributed by atoms with E-state index in [9.17, 15) is 9.59 Å². The highest BCUT2D eigenvalue weighted by atomic mass is 32.1. The molecule has 3 aromatic rings. The van der Waals surface area contributed by atoms with E-state index < -0.39 is 0 Å². The van der Waals surface area contributed by atoms with Crippen LogP contribution in [0.15, 0.2) is 58.5 Å². The quantitative estimate of drug-likeness (QED) is 0.394. The molecule has 1 unspecified atom stereocenters. The average molecular weight is 493 g/mol. The fourth-order valence-corrected chi connectivity index (χ4v) is 5.57. The summed E-state index contributed by atoms with van der Waals surface area (Å²) in [6.45, 7) is 5.98. The van der Waals surface area contributed by atoms with E-state index in [0.29, 0.717) is 31.5 Å². The Labute approximate surface area is 210 Å². The smallest absolute Gasteiger partial charge is 0.290 e. The molecular weight excluding hydrogens is 460 g/mol. The number of hydrogen-bond acceptors (Lipinski definition) is 5. The van der Waals surface area contributed by atoms with E-state index in [1.165, 1.54) is 16.7 Å². The van der Waals surface area contributed by atoms with E-state index >= 15 is 0 Å². The summed E-state index contributed by atoms with van der Waals surface area (Å²) in [5.41, 5.74) is 2.42. The predicted octanol–water partition coefficient (Wildman–Crippen LogP) is 5.52. The molecule has 1 atom stereocenters. The summed E-state index contributed by atoms with van der Waals surface area (Å²) in [7, 11) is 0. The number of thiophene rings is 1. The maximum absolute atomic E-state index is 13.6. The van der Waals surface area contributed by atoms with E-state index in [1.54, 1.807) is 28.4 Å². The van der Waals surface area contributed by atoms with Crippen LogP contribution >= 0.6 is 11.3 Å². The molecule has 5 rings (SSSR count). The van der Waals surface area contributed by atoms with Gasteiger partial charge in [-0.05, 0) is 77.9 Å². The molecule has 184 valence electrons. The largest absolute Gasteiger partial charge is 0.491 e. The van der Waals surface area contributed by atoms with Gasteiger partial charge in [-0.15, -0.1) is 11.3 Å². The number of amides is 2. The lowest BCUT2D eigenvalue weighted by Gasteiger charge is -2.37. The molecule has 0 radical (unpaired) electrons. The number of carbonyl (C=O) groups is 2. The van der Waals surface area contributed by atoms with E-state index in [0.717, 1.165) is 30.6 Å². The van der Waals surface area contributed by atoms with Crippen molar-refractivity contribution in [1.29, 1.82) is 0 Å². The van der Waals surface area contributed by atoms with Gasteiger partial charge in [0.05, 0.1) is 12.3 Å². The molecular formula is C28H32N2O4S. The standard InChI is InChI=1S/C28H32N2O4S/c1-19(2)21-7-9-22(10-8-21)34-18-24-23-12-15-35-26(23)11-13-30(24)27(31)17-29(16-20-5-6-20)28(32)25-4-3-14-33-25/h3-4,7-10,12,14-15,19-20,24H,5-6,11,13,16-18H2,1-2H3. The van der Waals surface area contributed by atoms with Crippen molar-refractivity contribution in [2.24, 2.45) is 5.92 Å². The van der Waals surface area contributed by atoms with Crippen LogP contribution in [0, 0.1) is 5.92 Å². The molecule has 2 amide bonds. The normalized spacial score (nSPS) is 17.3. The summed E-state index contributed by atoms with van der Waals surface area (Å²) in [5.74, 6) is 1.74. The molecule has 0 N–H and O–H groups in total. The molecule has 1 aliphatic carbocycles. The zero-order valence-electron chi connectivity index (χ0n) is 20.3. The van der Waals surface area contributed by atoms with Crippen LogP contribution in [0.4, 0.5) is 0 Å². The van der Waals surface area contributed by atoms with E-state index in [2.05, 4.69) is 37.4 Å². The number of ether oxygens (including phenoxy) is 1. The third-order valence-corrected chi connectivity index (χ3v) is 7.89. The van der Waals surface area contributed by atoms with Crippen LogP contribution in [0.3, 0.4) is 0 Å². The van der Waals surface area contributed by atoms with Crippen LogP contribution in [0.25, 0.3) is 0 Å². The third kappa shape index (κ3) is 5.45. The van der Waals surface area contributed by atoms with Crippen molar-refractivity contribution in [3.63, 3.8) is 0 Å². The van der Waals surface area contributed by atoms with Crippen LogP contribution in [0.1, 0.15) is 65.2 Å². The topological polar surface area (TPSA) is 63.0 Å². The second kappa shape index (κ2) is 10.3. The van der Waals surface area contributed by atoms with Crippen LogP contribution in [-0.4, -0.2) is 47.9 Å². The Balaban J connectivity index is 1.31.